The number of rotatable bonds is 4. The lowest BCUT2D eigenvalue weighted by atomic mass is 9.84. The zero-order valence-corrected chi connectivity index (χ0v) is 15.8. The minimum absolute atomic E-state index is 0.211. The van der Waals surface area contributed by atoms with E-state index in [0.29, 0.717) is 12.5 Å². The van der Waals surface area contributed by atoms with Crippen molar-refractivity contribution < 1.29 is 9.53 Å². The Kier molecular flexibility index (Phi) is 3.97. The summed E-state index contributed by atoms with van der Waals surface area (Å²) < 4.78 is 7.63. The molecule has 2 fully saturated rings. The zero-order valence-electron chi connectivity index (χ0n) is 15.8. The number of hydrogen-bond donors (Lipinski definition) is 0. The number of likely N-dealkylation sites (tertiary alicyclic amines) is 1. The van der Waals surface area contributed by atoms with Crippen LogP contribution in [0.5, 0.6) is 0 Å². The molecule has 1 saturated carbocycles. The van der Waals surface area contributed by atoms with Crippen molar-refractivity contribution in [3.63, 3.8) is 0 Å². The summed E-state index contributed by atoms with van der Waals surface area (Å²) in [6.07, 6.45) is 8.17. The van der Waals surface area contributed by atoms with E-state index in [4.69, 9.17) is 4.74 Å². The maximum absolute atomic E-state index is 12.9. The molecule has 1 spiro atoms. The van der Waals surface area contributed by atoms with Gasteiger partial charge in [0.15, 0.2) is 5.82 Å². The van der Waals surface area contributed by atoms with Gasteiger partial charge in [0.2, 0.25) is 5.91 Å². The largest absolute Gasteiger partial charge is 0.383 e. The number of ether oxygens (including phenoxy) is 1. The second kappa shape index (κ2) is 6.37. The first-order valence-electron chi connectivity index (χ1n) is 9.93. The lowest BCUT2D eigenvalue weighted by Crippen LogP contribution is -2.54. The third-order valence-electron chi connectivity index (χ3n) is 6.56. The van der Waals surface area contributed by atoms with Crippen molar-refractivity contribution in [3.05, 3.63) is 42.4 Å². The van der Waals surface area contributed by atoms with Crippen LogP contribution < -0.4 is 4.90 Å². The van der Waals surface area contributed by atoms with Gasteiger partial charge in [-0.15, -0.1) is 0 Å². The molecule has 0 aromatic carbocycles. The number of methoxy groups -OCH3 is 1. The molecule has 0 N–H and O–H groups in total. The maximum Gasteiger partial charge on any atom is 0.225 e. The normalized spacial score (nSPS) is 24.0. The molecule has 1 saturated heterocycles. The topological polar surface area (TPSA) is 50.6 Å². The Balaban J connectivity index is 1.56. The van der Waals surface area contributed by atoms with Crippen molar-refractivity contribution in [1.82, 2.24) is 14.5 Å². The first kappa shape index (κ1) is 16.8. The standard InChI is InChI=1S/C21H26N4O2/c1-27-14-13-25-17-7-3-10-22-19(17)24-11-4-8-18(24)21(25)9-12-23(15-21)20(26)16-5-2-6-16/h3-4,7-8,10-11,16H,2,5-6,9,12-15H2,1H3. The predicted octanol–water partition coefficient (Wildman–Crippen LogP) is 2.57. The highest BCUT2D eigenvalue weighted by molar-refractivity contribution is 5.80. The average Bonchev–Trinajstić information content (AvgIpc) is 3.29. The number of amides is 1. The highest BCUT2D eigenvalue weighted by Crippen LogP contribution is 2.47. The molecule has 0 radical (unpaired) electrons. The van der Waals surface area contributed by atoms with Crippen LogP contribution in [0, 0.1) is 5.92 Å². The fourth-order valence-corrected chi connectivity index (χ4v) is 4.94. The van der Waals surface area contributed by atoms with Crippen LogP contribution in [0.1, 0.15) is 31.4 Å². The Morgan fingerprint density at radius 1 is 1.33 bits per heavy atom. The Morgan fingerprint density at radius 2 is 2.22 bits per heavy atom. The third kappa shape index (κ3) is 2.42. The summed E-state index contributed by atoms with van der Waals surface area (Å²) >= 11 is 0. The minimum atomic E-state index is -0.211. The molecule has 27 heavy (non-hydrogen) atoms. The van der Waals surface area contributed by atoms with Crippen LogP contribution in [0.15, 0.2) is 36.7 Å². The Bertz CT molecular complexity index is 859. The van der Waals surface area contributed by atoms with Crippen LogP contribution in [0.4, 0.5) is 5.69 Å². The molecule has 1 unspecified atom stereocenters. The van der Waals surface area contributed by atoms with E-state index in [0.717, 1.165) is 50.4 Å². The van der Waals surface area contributed by atoms with Gasteiger partial charge in [0, 0.05) is 45.1 Å². The summed E-state index contributed by atoms with van der Waals surface area (Å²) in [5.41, 5.74) is 2.14. The molecular weight excluding hydrogens is 340 g/mol. The van der Waals surface area contributed by atoms with Gasteiger partial charge < -0.3 is 19.1 Å². The lowest BCUT2D eigenvalue weighted by Gasteiger charge is -2.47. The number of nitrogens with zero attached hydrogens (tertiary/aromatic N) is 4. The van der Waals surface area contributed by atoms with Crippen molar-refractivity contribution in [2.24, 2.45) is 5.92 Å². The van der Waals surface area contributed by atoms with E-state index < -0.39 is 0 Å². The summed E-state index contributed by atoms with van der Waals surface area (Å²) in [7, 11) is 1.74. The molecule has 5 rings (SSSR count). The molecule has 1 atom stereocenters. The third-order valence-corrected chi connectivity index (χ3v) is 6.56. The molecule has 1 amide bonds. The highest BCUT2D eigenvalue weighted by atomic mass is 16.5. The van der Waals surface area contributed by atoms with Crippen LogP contribution >= 0.6 is 0 Å². The van der Waals surface area contributed by atoms with E-state index in [1.54, 1.807) is 7.11 Å². The molecule has 142 valence electrons. The van der Waals surface area contributed by atoms with Crippen LogP contribution in [0.2, 0.25) is 0 Å². The first-order valence-corrected chi connectivity index (χ1v) is 9.93. The molecule has 0 bridgehead atoms. The van der Waals surface area contributed by atoms with Gasteiger partial charge >= 0.3 is 0 Å². The van der Waals surface area contributed by atoms with Crippen molar-refractivity contribution in [2.75, 3.05) is 38.3 Å². The summed E-state index contributed by atoms with van der Waals surface area (Å²) in [6.45, 7) is 2.99. The second-order valence-corrected chi connectivity index (χ2v) is 7.92. The van der Waals surface area contributed by atoms with E-state index >= 15 is 0 Å². The molecule has 6 nitrogen and oxygen atoms in total. The molecule has 4 heterocycles. The van der Waals surface area contributed by atoms with Crippen LogP contribution in [-0.2, 0) is 15.1 Å². The number of carbonyl (C=O) groups is 1. The van der Waals surface area contributed by atoms with Gasteiger partial charge in [-0.05, 0) is 43.5 Å². The van der Waals surface area contributed by atoms with Gasteiger partial charge in [-0.3, -0.25) is 4.79 Å². The average molecular weight is 366 g/mol. The van der Waals surface area contributed by atoms with E-state index in [9.17, 15) is 4.79 Å². The number of carbonyl (C=O) groups excluding carboxylic acids is 1. The molecule has 2 aromatic rings. The highest BCUT2D eigenvalue weighted by Gasteiger charge is 2.51. The lowest BCUT2D eigenvalue weighted by molar-refractivity contribution is -0.137. The molecule has 1 aliphatic carbocycles. The van der Waals surface area contributed by atoms with E-state index in [1.165, 1.54) is 12.1 Å². The molecular formula is C21H26N4O2. The number of fused-ring (bicyclic) bond motifs is 4. The molecule has 2 aliphatic heterocycles. The van der Waals surface area contributed by atoms with Gasteiger partial charge in [-0.25, -0.2) is 4.98 Å². The second-order valence-electron chi connectivity index (χ2n) is 7.92. The van der Waals surface area contributed by atoms with Crippen LogP contribution in [0.3, 0.4) is 0 Å². The number of anilines is 1. The number of pyridine rings is 1. The van der Waals surface area contributed by atoms with Gasteiger partial charge in [0.05, 0.1) is 18.0 Å². The summed E-state index contributed by atoms with van der Waals surface area (Å²) in [6, 6.07) is 8.41. The summed E-state index contributed by atoms with van der Waals surface area (Å²) in [5.74, 6) is 1.56. The van der Waals surface area contributed by atoms with Crippen LogP contribution in [-0.4, -0.2) is 53.7 Å². The Hall–Kier alpha value is -2.34. The Morgan fingerprint density at radius 3 is 3.00 bits per heavy atom. The van der Waals surface area contributed by atoms with E-state index in [-0.39, 0.29) is 11.5 Å². The summed E-state index contributed by atoms with van der Waals surface area (Å²) in [4.78, 5) is 22.1. The molecule has 2 aromatic heterocycles. The van der Waals surface area contributed by atoms with Gasteiger partial charge in [0.25, 0.3) is 0 Å². The fourth-order valence-electron chi connectivity index (χ4n) is 4.94. The predicted molar refractivity (Wildman–Crippen MR) is 103 cm³/mol. The van der Waals surface area contributed by atoms with Gasteiger partial charge in [-0.1, -0.05) is 6.42 Å². The quantitative estimate of drug-likeness (QED) is 0.835. The molecule has 3 aliphatic rings. The van der Waals surface area contributed by atoms with Crippen molar-refractivity contribution in [2.45, 2.75) is 31.2 Å². The maximum atomic E-state index is 12.9. The number of hydrogen-bond acceptors (Lipinski definition) is 4. The first-order chi connectivity index (χ1) is 13.2. The van der Waals surface area contributed by atoms with E-state index in [2.05, 4.69) is 43.7 Å². The fraction of sp³-hybridized carbons (Fsp3) is 0.524. The zero-order chi connectivity index (χ0) is 18.4. The van der Waals surface area contributed by atoms with Gasteiger partial charge in [0.1, 0.15) is 5.54 Å². The van der Waals surface area contributed by atoms with Crippen molar-refractivity contribution in [3.8, 4) is 5.82 Å². The van der Waals surface area contributed by atoms with Gasteiger partial charge in [-0.2, -0.15) is 0 Å². The molecule has 6 heteroatoms. The monoisotopic (exact) mass is 366 g/mol. The minimum Gasteiger partial charge on any atom is -0.383 e. The number of aromatic nitrogens is 2. The SMILES string of the molecule is COCCN1c2cccnc2-n2cccc2C12CCN(C(=O)C1CCC1)C2. The van der Waals surface area contributed by atoms with Crippen LogP contribution in [0.25, 0.3) is 5.82 Å². The smallest absolute Gasteiger partial charge is 0.225 e. The van der Waals surface area contributed by atoms with Crippen molar-refractivity contribution >= 4 is 11.6 Å². The summed E-state index contributed by atoms with van der Waals surface area (Å²) in [5, 5.41) is 0. The van der Waals surface area contributed by atoms with Crippen molar-refractivity contribution in [1.29, 1.82) is 0 Å². The van der Waals surface area contributed by atoms with E-state index in [1.807, 2.05) is 12.3 Å². The Labute approximate surface area is 159 Å².